The highest BCUT2D eigenvalue weighted by molar-refractivity contribution is 6.11. The molecule has 1 unspecified atom stereocenters. The number of rotatable bonds is 5. The molecule has 2 heterocycles. The molecule has 1 atom stereocenters. The molecule has 0 aliphatic carbocycles. The Balaban J connectivity index is 1.63. The average Bonchev–Trinajstić information content (AvgIpc) is 3.22. The molecule has 0 saturated carbocycles. The van der Waals surface area contributed by atoms with Crippen LogP contribution in [-0.4, -0.2) is 40.0 Å². The maximum absolute atomic E-state index is 13.3. The number of aromatic nitrogens is 2. The van der Waals surface area contributed by atoms with Gasteiger partial charge in [-0.1, -0.05) is 18.2 Å². The average molecular weight is 433 g/mol. The summed E-state index contributed by atoms with van der Waals surface area (Å²) in [6.07, 6.45) is 5.50. The van der Waals surface area contributed by atoms with E-state index in [2.05, 4.69) is 10.3 Å². The predicted octanol–water partition coefficient (Wildman–Crippen LogP) is 4.48. The highest BCUT2D eigenvalue weighted by Crippen LogP contribution is 2.28. The van der Waals surface area contributed by atoms with Crippen LogP contribution < -0.4 is 10.1 Å². The first-order chi connectivity index (χ1) is 15.4. The van der Waals surface area contributed by atoms with Crippen LogP contribution in [0.25, 0.3) is 11.8 Å². The molecular weight excluding hydrogens is 409 g/mol. The van der Waals surface area contributed by atoms with Crippen molar-refractivity contribution < 1.29 is 13.9 Å². The Morgan fingerprint density at radius 3 is 2.66 bits per heavy atom. The van der Waals surface area contributed by atoms with E-state index in [4.69, 9.17) is 10.1 Å². The normalized spacial score (nSPS) is 16.2. The van der Waals surface area contributed by atoms with Crippen molar-refractivity contribution in [3.8, 4) is 11.4 Å². The van der Waals surface area contributed by atoms with Gasteiger partial charge in [-0.25, -0.2) is 14.2 Å². The first-order valence-electron chi connectivity index (χ1n) is 10.2. The molecule has 7 nitrogen and oxygen atoms in total. The van der Waals surface area contributed by atoms with Gasteiger partial charge < -0.3 is 14.6 Å². The number of amidine groups is 1. The maximum Gasteiger partial charge on any atom is 0.323 e. The van der Waals surface area contributed by atoms with Crippen LogP contribution in [0.3, 0.4) is 0 Å². The Morgan fingerprint density at radius 1 is 1.25 bits per heavy atom. The summed E-state index contributed by atoms with van der Waals surface area (Å²) in [7, 11) is 1.61. The number of urea groups is 1. The van der Waals surface area contributed by atoms with Crippen LogP contribution in [0.1, 0.15) is 29.8 Å². The number of nitrogens with zero attached hydrogens (tertiary/aromatic N) is 3. The van der Waals surface area contributed by atoms with Crippen LogP contribution in [-0.2, 0) is 0 Å². The summed E-state index contributed by atoms with van der Waals surface area (Å²) in [6, 6.07) is 10.9. The van der Waals surface area contributed by atoms with Gasteiger partial charge in [-0.2, -0.15) is 0 Å². The fraction of sp³-hybridized carbons (Fsp3) is 0.208. The van der Waals surface area contributed by atoms with E-state index >= 15 is 0 Å². The van der Waals surface area contributed by atoms with Crippen molar-refractivity contribution in [3.63, 3.8) is 0 Å². The van der Waals surface area contributed by atoms with E-state index in [9.17, 15) is 9.18 Å². The number of ether oxygens (including phenoxy) is 1. The zero-order valence-corrected chi connectivity index (χ0v) is 18.1. The Morgan fingerprint density at radius 2 is 2.00 bits per heavy atom. The van der Waals surface area contributed by atoms with Crippen LogP contribution in [0.5, 0.6) is 5.75 Å². The van der Waals surface area contributed by atoms with Crippen LogP contribution in [0.15, 0.2) is 60.6 Å². The number of imidazole rings is 1. The van der Waals surface area contributed by atoms with Crippen LogP contribution in [0, 0.1) is 18.2 Å². The van der Waals surface area contributed by atoms with Crippen molar-refractivity contribution in [1.82, 2.24) is 19.8 Å². The molecule has 4 rings (SSSR count). The van der Waals surface area contributed by atoms with Gasteiger partial charge in [0.15, 0.2) is 0 Å². The summed E-state index contributed by atoms with van der Waals surface area (Å²) in [6.45, 7) is 3.98. The second-order valence-electron chi connectivity index (χ2n) is 7.63. The first kappa shape index (κ1) is 21.3. The van der Waals surface area contributed by atoms with Gasteiger partial charge in [0.05, 0.1) is 30.9 Å². The predicted molar refractivity (Wildman–Crippen MR) is 121 cm³/mol. The Labute approximate surface area is 185 Å². The number of hydrogen-bond donors (Lipinski definition) is 2. The summed E-state index contributed by atoms with van der Waals surface area (Å²) in [5.74, 6) is 0.432. The van der Waals surface area contributed by atoms with Crippen LogP contribution in [0.4, 0.5) is 9.18 Å². The number of hydrogen-bond acceptors (Lipinski definition) is 4. The van der Waals surface area contributed by atoms with E-state index in [0.29, 0.717) is 11.3 Å². The molecule has 2 amide bonds. The maximum atomic E-state index is 13.3. The van der Waals surface area contributed by atoms with Crippen molar-refractivity contribution in [2.24, 2.45) is 0 Å². The van der Waals surface area contributed by atoms with Crippen LogP contribution >= 0.6 is 0 Å². The quantitative estimate of drug-likeness (QED) is 0.623. The molecule has 1 aliphatic rings. The molecule has 1 aromatic heterocycles. The van der Waals surface area contributed by atoms with Gasteiger partial charge in [0.2, 0.25) is 0 Å². The van der Waals surface area contributed by atoms with Gasteiger partial charge in [0.1, 0.15) is 17.4 Å². The summed E-state index contributed by atoms with van der Waals surface area (Å²) < 4.78 is 20.7. The van der Waals surface area contributed by atoms with Crippen LogP contribution in [0.2, 0.25) is 0 Å². The number of carbonyl (C=O) groups excluding carboxylic acids is 1. The lowest BCUT2D eigenvalue weighted by Crippen LogP contribution is -2.51. The number of nitrogens with one attached hydrogen (secondary N) is 2. The molecule has 3 aromatic rings. The summed E-state index contributed by atoms with van der Waals surface area (Å²) in [5, 5.41) is 11.5. The van der Waals surface area contributed by atoms with Crippen molar-refractivity contribution >= 4 is 17.9 Å². The van der Waals surface area contributed by atoms with E-state index in [-0.39, 0.29) is 24.2 Å². The van der Waals surface area contributed by atoms with Gasteiger partial charge in [0, 0.05) is 18.3 Å². The standard InChI is InChI=1S/C24H24FN5O2/c1-15-13-29(14-28-15)21-9-4-17(11-22(21)32-3)10-19-12-27-24(31)30(23(19)26)16(2)18-5-7-20(25)8-6-18/h4-11,13-14,16,26H,12H2,1-3H3,(H,27,31). The van der Waals surface area contributed by atoms with Gasteiger partial charge >= 0.3 is 6.03 Å². The third-order valence-electron chi connectivity index (χ3n) is 5.47. The van der Waals surface area contributed by atoms with E-state index in [1.54, 1.807) is 25.6 Å². The second kappa shape index (κ2) is 8.66. The molecule has 2 N–H and O–H groups in total. The van der Waals surface area contributed by atoms with Gasteiger partial charge in [-0.3, -0.25) is 10.3 Å². The highest BCUT2D eigenvalue weighted by Gasteiger charge is 2.31. The molecule has 164 valence electrons. The van der Waals surface area contributed by atoms with Gasteiger partial charge in [0.25, 0.3) is 0 Å². The molecule has 1 fully saturated rings. The summed E-state index contributed by atoms with van der Waals surface area (Å²) in [5.41, 5.74) is 4.00. The smallest absolute Gasteiger partial charge is 0.323 e. The van der Waals surface area contributed by atoms with E-state index in [1.807, 2.05) is 48.9 Å². The molecule has 1 saturated heterocycles. The van der Waals surface area contributed by atoms with E-state index in [0.717, 1.165) is 22.5 Å². The number of methoxy groups -OCH3 is 1. The van der Waals surface area contributed by atoms with Gasteiger partial charge in [-0.05, 0) is 55.3 Å². The number of aryl methyl sites for hydroxylation is 1. The zero-order chi connectivity index (χ0) is 22.8. The zero-order valence-electron chi connectivity index (χ0n) is 18.1. The molecule has 32 heavy (non-hydrogen) atoms. The van der Waals surface area contributed by atoms with Crippen molar-refractivity contribution in [1.29, 1.82) is 5.41 Å². The molecule has 8 heteroatoms. The minimum Gasteiger partial charge on any atom is -0.495 e. The number of carbonyl (C=O) groups is 1. The fourth-order valence-electron chi connectivity index (χ4n) is 3.73. The largest absolute Gasteiger partial charge is 0.495 e. The molecular formula is C24H24FN5O2. The summed E-state index contributed by atoms with van der Waals surface area (Å²) >= 11 is 0. The monoisotopic (exact) mass is 433 g/mol. The number of halogens is 1. The third-order valence-corrected chi connectivity index (χ3v) is 5.47. The molecule has 0 spiro atoms. The Hall–Kier alpha value is -3.94. The summed E-state index contributed by atoms with van der Waals surface area (Å²) in [4.78, 5) is 18.2. The number of benzene rings is 2. The highest BCUT2D eigenvalue weighted by atomic mass is 19.1. The lowest BCUT2D eigenvalue weighted by molar-refractivity contribution is 0.208. The van der Waals surface area contributed by atoms with Crippen molar-refractivity contribution in [2.75, 3.05) is 13.7 Å². The lowest BCUT2D eigenvalue weighted by atomic mass is 10.0. The lowest BCUT2D eigenvalue weighted by Gasteiger charge is -2.34. The topological polar surface area (TPSA) is 83.2 Å². The first-order valence-corrected chi connectivity index (χ1v) is 10.2. The third kappa shape index (κ3) is 4.12. The number of amides is 2. The molecule has 1 aliphatic heterocycles. The molecule has 0 bridgehead atoms. The van der Waals surface area contributed by atoms with Crippen molar-refractivity contribution in [3.05, 3.63) is 83.2 Å². The fourth-order valence-corrected chi connectivity index (χ4v) is 3.73. The minimum absolute atomic E-state index is 0.110. The molecule has 0 radical (unpaired) electrons. The second-order valence-corrected chi connectivity index (χ2v) is 7.63. The van der Waals surface area contributed by atoms with Gasteiger partial charge in [-0.15, -0.1) is 0 Å². The SMILES string of the molecule is COc1cc(C=C2CNC(=O)N(C(C)c3ccc(F)cc3)C2=N)ccc1-n1cnc(C)c1. The molecule has 2 aromatic carbocycles. The van der Waals surface area contributed by atoms with E-state index < -0.39 is 6.04 Å². The van der Waals surface area contributed by atoms with E-state index in [1.165, 1.54) is 17.0 Å². The van der Waals surface area contributed by atoms with Crippen molar-refractivity contribution in [2.45, 2.75) is 19.9 Å². The minimum atomic E-state index is -0.423. The Kier molecular flexibility index (Phi) is 5.77. The Bertz CT molecular complexity index is 1200.